The van der Waals surface area contributed by atoms with Crippen LogP contribution >= 0.6 is 12.4 Å². The van der Waals surface area contributed by atoms with E-state index >= 15 is 0 Å². The van der Waals surface area contributed by atoms with Crippen molar-refractivity contribution >= 4 is 12.4 Å². The Morgan fingerprint density at radius 2 is 2.18 bits per heavy atom. The van der Waals surface area contributed by atoms with Crippen LogP contribution in [0.2, 0.25) is 0 Å². The van der Waals surface area contributed by atoms with Crippen molar-refractivity contribution in [2.45, 2.75) is 20.3 Å². The highest BCUT2D eigenvalue weighted by Gasteiger charge is 2.30. The first-order chi connectivity index (χ1) is 4.67. The van der Waals surface area contributed by atoms with Crippen molar-refractivity contribution in [2.75, 3.05) is 19.8 Å². The van der Waals surface area contributed by atoms with Gasteiger partial charge in [0.2, 0.25) is 0 Å². The van der Waals surface area contributed by atoms with Gasteiger partial charge in [0.1, 0.15) is 0 Å². The molecule has 0 aromatic heterocycles. The minimum absolute atomic E-state index is 0. The van der Waals surface area contributed by atoms with Crippen LogP contribution in [0.3, 0.4) is 0 Å². The summed E-state index contributed by atoms with van der Waals surface area (Å²) in [5.74, 6) is 0.678. The van der Waals surface area contributed by atoms with Crippen molar-refractivity contribution in [3.63, 3.8) is 0 Å². The van der Waals surface area contributed by atoms with Crippen LogP contribution in [0, 0.1) is 11.3 Å². The highest BCUT2D eigenvalue weighted by atomic mass is 35.5. The molecule has 1 fully saturated rings. The third-order valence-corrected chi connectivity index (χ3v) is 2.56. The van der Waals surface area contributed by atoms with Crippen LogP contribution in [0.4, 0.5) is 0 Å². The summed E-state index contributed by atoms with van der Waals surface area (Å²) in [6.07, 6.45) is 1.18. The normalized spacial score (nSPS) is 24.8. The smallest absolute Gasteiger partial charge is 0.0500 e. The lowest BCUT2D eigenvalue weighted by atomic mass is 9.78. The Hall–Kier alpha value is 0.210. The highest BCUT2D eigenvalue weighted by molar-refractivity contribution is 5.85. The lowest BCUT2D eigenvalue weighted by Crippen LogP contribution is -2.32. The molecule has 0 aromatic rings. The second kappa shape index (κ2) is 4.29. The molecule has 1 aliphatic rings. The molecule has 0 aliphatic carbocycles. The molecule has 3 heteroatoms. The van der Waals surface area contributed by atoms with E-state index < -0.39 is 0 Å². The number of hydrogen-bond donors (Lipinski definition) is 1. The third-order valence-electron chi connectivity index (χ3n) is 2.56. The molecule has 11 heavy (non-hydrogen) atoms. The summed E-state index contributed by atoms with van der Waals surface area (Å²) in [6.45, 7) is 7.03. The van der Waals surface area contributed by atoms with Crippen LogP contribution < -0.4 is 5.73 Å². The zero-order valence-corrected chi connectivity index (χ0v) is 8.12. The fraction of sp³-hybridized carbons (Fsp3) is 1.00. The second-order valence-corrected chi connectivity index (χ2v) is 3.75. The predicted octanol–water partition coefficient (Wildman–Crippen LogP) is 1.43. The van der Waals surface area contributed by atoms with E-state index in [1.165, 1.54) is 6.42 Å². The van der Waals surface area contributed by atoms with Crippen molar-refractivity contribution in [2.24, 2.45) is 17.1 Å². The molecular formula is C8H18ClNO. The van der Waals surface area contributed by atoms with E-state index in [0.717, 1.165) is 19.8 Å². The molecule has 1 saturated heterocycles. The molecule has 1 atom stereocenters. The molecular weight excluding hydrogens is 162 g/mol. The molecule has 68 valence electrons. The van der Waals surface area contributed by atoms with Crippen LogP contribution in [0.5, 0.6) is 0 Å². The minimum atomic E-state index is 0. The molecule has 2 N–H and O–H groups in total. The SMILES string of the molecule is CC(C)(CN)C1CCOC1.Cl. The molecule has 0 spiro atoms. The Morgan fingerprint density at radius 1 is 1.55 bits per heavy atom. The molecule has 1 heterocycles. The first-order valence-corrected chi connectivity index (χ1v) is 3.94. The van der Waals surface area contributed by atoms with E-state index in [-0.39, 0.29) is 17.8 Å². The van der Waals surface area contributed by atoms with E-state index in [0.29, 0.717) is 5.92 Å². The van der Waals surface area contributed by atoms with Gasteiger partial charge in [-0.15, -0.1) is 12.4 Å². The van der Waals surface area contributed by atoms with Crippen LogP contribution in [0.15, 0.2) is 0 Å². The lowest BCUT2D eigenvalue weighted by Gasteiger charge is -2.28. The summed E-state index contributed by atoms with van der Waals surface area (Å²) in [5.41, 5.74) is 5.90. The Morgan fingerprint density at radius 3 is 2.55 bits per heavy atom. The zero-order valence-electron chi connectivity index (χ0n) is 7.30. The third kappa shape index (κ3) is 2.62. The van der Waals surface area contributed by atoms with E-state index in [1.54, 1.807) is 0 Å². The van der Waals surface area contributed by atoms with Crippen molar-refractivity contribution in [1.82, 2.24) is 0 Å². The average molecular weight is 180 g/mol. The van der Waals surface area contributed by atoms with Gasteiger partial charge in [0, 0.05) is 6.61 Å². The van der Waals surface area contributed by atoms with Crippen LogP contribution in [0.25, 0.3) is 0 Å². The number of nitrogens with two attached hydrogens (primary N) is 1. The Labute approximate surface area is 74.9 Å². The number of hydrogen-bond acceptors (Lipinski definition) is 2. The van der Waals surface area contributed by atoms with Crippen LogP contribution in [-0.2, 0) is 4.74 Å². The molecule has 0 aromatic carbocycles. The molecule has 1 rings (SSSR count). The minimum Gasteiger partial charge on any atom is -0.381 e. The van der Waals surface area contributed by atoms with Gasteiger partial charge in [-0.05, 0) is 24.3 Å². The second-order valence-electron chi connectivity index (χ2n) is 3.75. The maximum atomic E-state index is 5.63. The van der Waals surface area contributed by atoms with Crippen molar-refractivity contribution in [3.05, 3.63) is 0 Å². The summed E-state index contributed by atoms with van der Waals surface area (Å²) in [4.78, 5) is 0. The van der Waals surface area contributed by atoms with E-state index in [4.69, 9.17) is 10.5 Å². The summed E-state index contributed by atoms with van der Waals surface area (Å²) in [7, 11) is 0. The zero-order chi connectivity index (χ0) is 7.61. The Bertz CT molecular complexity index is 111. The molecule has 0 amide bonds. The Kier molecular flexibility index (Phi) is 4.37. The summed E-state index contributed by atoms with van der Waals surface area (Å²) >= 11 is 0. The molecule has 0 radical (unpaired) electrons. The monoisotopic (exact) mass is 179 g/mol. The van der Waals surface area contributed by atoms with E-state index in [1.807, 2.05) is 0 Å². The molecule has 0 saturated carbocycles. The molecule has 1 aliphatic heterocycles. The van der Waals surface area contributed by atoms with Gasteiger partial charge in [-0.25, -0.2) is 0 Å². The quantitative estimate of drug-likeness (QED) is 0.696. The first kappa shape index (κ1) is 11.2. The number of ether oxygens (including phenoxy) is 1. The topological polar surface area (TPSA) is 35.2 Å². The summed E-state index contributed by atoms with van der Waals surface area (Å²) in [6, 6.07) is 0. The maximum Gasteiger partial charge on any atom is 0.0500 e. The van der Waals surface area contributed by atoms with Crippen LogP contribution in [0.1, 0.15) is 20.3 Å². The van der Waals surface area contributed by atoms with E-state index in [2.05, 4.69) is 13.8 Å². The first-order valence-electron chi connectivity index (χ1n) is 3.94. The van der Waals surface area contributed by atoms with Gasteiger partial charge in [-0.2, -0.15) is 0 Å². The standard InChI is InChI=1S/C8H17NO.ClH/c1-8(2,6-9)7-3-4-10-5-7;/h7H,3-6,9H2,1-2H3;1H. The highest BCUT2D eigenvalue weighted by Crippen LogP contribution is 2.31. The lowest BCUT2D eigenvalue weighted by molar-refractivity contribution is 0.147. The van der Waals surface area contributed by atoms with Gasteiger partial charge in [-0.3, -0.25) is 0 Å². The van der Waals surface area contributed by atoms with Crippen molar-refractivity contribution in [3.8, 4) is 0 Å². The van der Waals surface area contributed by atoms with Gasteiger partial charge in [-0.1, -0.05) is 13.8 Å². The van der Waals surface area contributed by atoms with Crippen LogP contribution in [-0.4, -0.2) is 19.8 Å². The van der Waals surface area contributed by atoms with E-state index in [9.17, 15) is 0 Å². The van der Waals surface area contributed by atoms with Crippen molar-refractivity contribution < 1.29 is 4.74 Å². The number of rotatable bonds is 2. The van der Waals surface area contributed by atoms with Gasteiger partial charge >= 0.3 is 0 Å². The fourth-order valence-electron chi connectivity index (χ4n) is 1.32. The summed E-state index contributed by atoms with van der Waals surface area (Å²) in [5, 5.41) is 0. The number of halogens is 1. The summed E-state index contributed by atoms with van der Waals surface area (Å²) < 4.78 is 5.29. The van der Waals surface area contributed by atoms with Gasteiger partial charge in [0.05, 0.1) is 6.61 Å². The predicted molar refractivity (Wildman–Crippen MR) is 49.0 cm³/mol. The Balaban J connectivity index is 0.000001000. The molecule has 1 unspecified atom stereocenters. The van der Waals surface area contributed by atoms with Gasteiger partial charge < -0.3 is 10.5 Å². The maximum absolute atomic E-state index is 5.63. The molecule has 2 nitrogen and oxygen atoms in total. The van der Waals surface area contributed by atoms with Crippen molar-refractivity contribution in [1.29, 1.82) is 0 Å². The largest absolute Gasteiger partial charge is 0.381 e. The van der Waals surface area contributed by atoms with Gasteiger partial charge in [0.25, 0.3) is 0 Å². The molecule has 0 bridgehead atoms. The average Bonchev–Trinajstić information content (AvgIpc) is 2.38. The fourth-order valence-corrected chi connectivity index (χ4v) is 1.32. The van der Waals surface area contributed by atoms with Gasteiger partial charge in [0.15, 0.2) is 0 Å².